The third kappa shape index (κ3) is 2.90. The third-order valence-corrected chi connectivity index (χ3v) is 4.27. The molecule has 0 saturated carbocycles. The number of aromatic nitrogens is 1. The van der Waals surface area contributed by atoms with Crippen molar-refractivity contribution in [2.75, 3.05) is 14.2 Å². The van der Waals surface area contributed by atoms with Gasteiger partial charge in [-0.05, 0) is 30.7 Å². The van der Waals surface area contributed by atoms with Gasteiger partial charge >= 0.3 is 0 Å². The molecule has 5 heteroatoms. The number of rotatable bonds is 5. The lowest BCUT2D eigenvalue weighted by Gasteiger charge is -2.24. The Morgan fingerprint density at radius 2 is 1.96 bits per heavy atom. The molecule has 24 heavy (non-hydrogen) atoms. The first-order chi connectivity index (χ1) is 11.6. The summed E-state index contributed by atoms with van der Waals surface area (Å²) in [6.45, 7) is 2.31. The standard InChI is InChI=1S/C19H20N2O3/c1-13(14-8-10-20-11-9-14)21(2)19(22)18-16(12-23-3)15-6-4-5-7-17(15)24-18/h4-11,13H,12H2,1-3H3/t13-/m0/s1. The van der Waals surface area contributed by atoms with E-state index in [1.165, 1.54) is 0 Å². The molecule has 0 aliphatic rings. The molecule has 0 radical (unpaired) electrons. The predicted molar refractivity (Wildman–Crippen MR) is 91.7 cm³/mol. The van der Waals surface area contributed by atoms with Gasteiger partial charge in [0.15, 0.2) is 5.76 Å². The summed E-state index contributed by atoms with van der Waals surface area (Å²) in [5.74, 6) is 0.170. The molecule has 0 spiro atoms. The minimum atomic E-state index is -0.164. The summed E-state index contributed by atoms with van der Waals surface area (Å²) in [5, 5.41) is 0.910. The Morgan fingerprint density at radius 3 is 2.67 bits per heavy atom. The summed E-state index contributed by atoms with van der Waals surface area (Å²) < 4.78 is 11.1. The molecule has 124 valence electrons. The van der Waals surface area contributed by atoms with Crippen LogP contribution in [0.5, 0.6) is 0 Å². The molecule has 0 aliphatic heterocycles. The van der Waals surface area contributed by atoms with E-state index in [1.807, 2.05) is 43.3 Å². The summed E-state index contributed by atoms with van der Waals surface area (Å²) >= 11 is 0. The highest BCUT2D eigenvalue weighted by Gasteiger charge is 2.26. The van der Waals surface area contributed by atoms with Gasteiger partial charge in [0, 0.05) is 37.5 Å². The smallest absolute Gasteiger partial charge is 0.290 e. The lowest BCUT2D eigenvalue weighted by Crippen LogP contribution is -2.30. The topological polar surface area (TPSA) is 55.6 Å². The maximum Gasteiger partial charge on any atom is 0.290 e. The fraction of sp³-hybridized carbons (Fsp3) is 0.263. The number of pyridine rings is 1. The fourth-order valence-corrected chi connectivity index (χ4v) is 2.76. The first kappa shape index (κ1) is 16.2. The Hall–Kier alpha value is -2.66. The van der Waals surface area contributed by atoms with Crippen LogP contribution in [0.1, 0.15) is 34.6 Å². The van der Waals surface area contributed by atoms with Gasteiger partial charge in [0.25, 0.3) is 5.91 Å². The van der Waals surface area contributed by atoms with Gasteiger partial charge in [-0.25, -0.2) is 0 Å². The lowest BCUT2D eigenvalue weighted by molar-refractivity contribution is 0.0706. The van der Waals surface area contributed by atoms with E-state index in [4.69, 9.17) is 9.15 Å². The molecule has 2 heterocycles. The Morgan fingerprint density at radius 1 is 1.25 bits per heavy atom. The van der Waals surface area contributed by atoms with Gasteiger partial charge in [0.1, 0.15) is 5.58 Å². The van der Waals surface area contributed by atoms with Gasteiger partial charge in [0.05, 0.1) is 12.6 Å². The van der Waals surface area contributed by atoms with Crippen LogP contribution < -0.4 is 0 Å². The van der Waals surface area contributed by atoms with E-state index in [2.05, 4.69) is 4.98 Å². The predicted octanol–water partition coefficient (Wildman–Crippen LogP) is 3.81. The number of carbonyl (C=O) groups excluding carboxylic acids is 1. The highest BCUT2D eigenvalue weighted by molar-refractivity contribution is 5.99. The highest BCUT2D eigenvalue weighted by Crippen LogP contribution is 2.29. The maximum absolute atomic E-state index is 13.0. The number of hydrogen-bond acceptors (Lipinski definition) is 4. The SMILES string of the molecule is COCc1c(C(=O)N(C)[C@@H](C)c2ccncc2)oc2ccccc12. The highest BCUT2D eigenvalue weighted by atomic mass is 16.5. The molecule has 1 atom stereocenters. The number of carbonyl (C=O) groups is 1. The van der Waals surface area contributed by atoms with Crippen molar-refractivity contribution in [3.05, 3.63) is 65.7 Å². The van der Waals surface area contributed by atoms with Gasteiger partial charge < -0.3 is 14.1 Å². The van der Waals surface area contributed by atoms with Crippen LogP contribution in [0.2, 0.25) is 0 Å². The zero-order valence-corrected chi connectivity index (χ0v) is 14.0. The monoisotopic (exact) mass is 324 g/mol. The Kier molecular flexibility index (Phi) is 4.62. The van der Waals surface area contributed by atoms with Gasteiger partial charge in [-0.2, -0.15) is 0 Å². The van der Waals surface area contributed by atoms with Gasteiger partial charge in [-0.1, -0.05) is 18.2 Å². The van der Waals surface area contributed by atoms with E-state index in [1.54, 1.807) is 31.5 Å². The number of benzene rings is 1. The minimum absolute atomic E-state index is 0.0934. The molecule has 0 N–H and O–H groups in total. The molecule has 1 amide bonds. The Balaban J connectivity index is 1.97. The molecule has 3 rings (SSSR count). The van der Waals surface area contributed by atoms with E-state index in [0.29, 0.717) is 18.0 Å². The number of amides is 1. The maximum atomic E-state index is 13.0. The molecule has 0 fully saturated rings. The normalized spacial score (nSPS) is 12.3. The van der Waals surface area contributed by atoms with Crippen molar-refractivity contribution in [3.8, 4) is 0 Å². The largest absolute Gasteiger partial charge is 0.451 e. The van der Waals surface area contributed by atoms with Crippen LogP contribution in [0.25, 0.3) is 11.0 Å². The van der Waals surface area contributed by atoms with Gasteiger partial charge in [-0.3, -0.25) is 9.78 Å². The summed E-state index contributed by atoms with van der Waals surface area (Å²) in [6.07, 6.45) is 3.45. The first-order valence-corrected chi connectivity index (χ1v) is 7.80. The summed E-state index contributed by atoms with van der Waals surface area (Å²) in [4.78, 5) is 18.7. The van der Waals surface area contributed by atoms with Crippen LogP contribution in [0.3, 0.4) is 0 Å². The first-order valence-electron chi connectivity index (χ1n) is 7.80. The second kappa shape index (κ2) is 6.84. The second-order valence-corrected chi connectivity index (χ2v) is 5.71. The van der Waals surface area contributed by atoms with Crippen LogP contribution in [-0.4, -0.2) is 29.9 Å². The van der Waals surface area contributed by atoms with E-state index in [-0.39, 0.29) is 11.9 Å². The number of hydrogen-bond donors (Lipinski definition) is 0. The van der Waals surface area contributed by atoms with Gasteiger partial charge in [0.2, 0.25) is 0 Å². The van der Waals surface area contributed by atoms with Crippen molar-refractivity contribution >= 4 is 16.9 Å². The molecule has 2 aromatic heterocycles. The van der Waals surface area contributed by atoms with E-state index < -0.39 is 0 Å². The zero-order chi connectivity index (χ0) is 17.1. The average Bonchev–Trinajstić information content (AvgIpc) is 2.99. The molecule has 1 aromatic carbocycles. The molecule has 0 unspecified atom stereocenters. The molecule has 0 saturated heterocycles. The molecular formula is C19H20N2O3. The molecule has 3 aromatic rings. The quantitative estimate of drug-likeness (QED) is 0.716. The van der Waals surface area contributed by atoms with Crippen molar-refractivity contribution in [3.63, 3.8) is 0 Å². The van der Waals surface area contributed by atoms with Gasteiger partial charge in [-0.15, -0.1) is 0 Å². The number of methoxy groups -OCH3 is 1. The van der Waals surface area contributed by atoms with Crippen LogP contribution in [0.15, 0.2) is 53.2 Å². The Bertz CT molecular complexity index is 842. The molecule has 0 bridgehead atoms. The van der Waals surface area contributed by atoms with Crippen LogP contribution in [0.4, 0.5) is 0 Å². The summed E-state index contributed by atoms with van der Waals surface area (Å²) in [7, 11) is 3.39. The third-order valence-electron chi connectivity index (χ3n) is 4.27. The van der Waals surface area contributed by atoms with Crippen molar-refractivity contribution < 1.29 is 13.9 Å². The van der Waals surface area contributed by atoms with Crippen molar-refractivity contribution in [1.29, 1.82) is 0 Å². The van der Waals surface area contributed by atoms with Crippen molar-refractivity contribution in [1.82, 2.24) is 9.88 Å². The van der Waals surface area contributed by atoms with Crippen molar-refractivity contribution in [2.45, 2.75) is 19.6 Å². The van der Waals surface area contributed by atoms with E-state index in [0.717, 1.165) is 16.5 Å². The number of nitrogens with zero attached hydrogens (tertiary/aromatic N) is 2. The molecule has 0 aliphatic carbocycles. The van der Waals surface area contributed by atoms with E-state index >= 15 is 0 Å². The fourth-order valence-electron chi connectivity index (χ4n) is 2.76. The lowest BCUT2D eigenvalue weighted by atomic mass is 10.1. The van der Waals surface area contributed by atoms with E-state index in [9.17, 15) is 4.79 Å². The number of ether oxygens (including phenoxy) is 1. The molecular weight excluding hydrogens is 304 g/mol. The van der Waals surface area contributed by atoms with Crippen LogP contribution in [-0.2, 0) is 11.3 Å². The zero-order valence-electron chi connectivity index (χ0n) is 14.0. The van der Waals surface area contributed by atoms with Crippen molar-refractivity contribution in [2.24, 2.45) is 0 Å². The van der Waals surface area contributed by atoms with Crippen LogP contribution in [0, 0.1) is 0 Å². The Labute approximate surface area is 140 Å². The second-order valence-electron chi connectivity index (χ2n) is 5.71. The molecule has 5 nitrogen and oxygen atoms in total. The van der Waals surface area contributed by atoms with Crippen LogP contribution >= 0.6 is 0 Å². The number of fused-ring (bicyclic) bond motifs is 1. The summed E-state index contributed by atoms with van der Waals surface area (Å²) in [5.41, 5.74) is 2.50. The number of furan rings is 1. The minimum Gasteiger partial charge on any atom is -0.451 e. The average molecular weight is 324 g/mol. The summed E-state index contributed by atoms with van der Waals surface area (Å²) in [6, 6.07) is 11.3. The number of para-hydroxylation sites is 1.